The Morgan fingerprint density at radius 2 is 2.29 bits per heavy atom. The summed E-state index contributed by atoms with van der Waals surface area (Å²) in [6.45, 7) is 1.83. The van der Waals surface area contributed by atoms with Crippen LogP contribution >= 0.6 is 24.8 Å². The second-order valence-corrected chi connectivity index (χ2v) is 2.62. The van der Waals surface area contributed by atoms with Gasteiger partial charge in [-0.25, -0.2) is 4.98 Å². The first kappa shape index (κ1) is 15.7. The number of nitrogens with two attached hydrogens (primary N) is 1. The van der Waals surface area contributed by atoms with Crippen LogP contribution in [0.4, 0.5) is 0 Å². The fourth-order valence-corrected chi connectivity index (χ4v) is 0.889. The Balaban J connectivity index is 0. The molecular formula is C7H13Cl2N3O2. The molecule has 1 unspecified atom stereocenters. The maximum absolute atomic E-state index is 10.4. The Morgan fingerprint density at radius 3 is 2.64 bits per heavy atom. The molecule has 0 aliphatic heterocycles. The van der Waals surface area contributed by atoms with Gasteiger partial charge in [0.2, 0.25) is 0 Å². The normalized spacial score (nSPS) is 11.0. The van der Waals surface area contributed by atoms with Crippen LogP contribution in [0.3, 0.4) is 0 Å². The first-order valence-electron chi connectivity index (χ1n) is 3.58. The van der Waals surface area contributed by atoms with Crippen LogP contribution < -0.4 is 5.73 Å². The van der Waals surface area contributed by atoms with Crippen molar-refractivity contribution in [3.8, 4) is 0 Å². The summed E-state index contributed by atoms with van der Waals surface area (Å²) in [6, 6.07) is -0.869. The van der Waals surface area contributed by atoms with Gasteiger partial charge in [-0.15, -0.1) is 24.8 Å². The number of aryl methyl sites for hydroxylation is 1. The molecule has 5 nitrogen and oxygen atoms in total. The van der Waals surface area contributed by atoms with Crippen molar-refractivity contribution >= 4 is 30.8 Å². The smallest absolute Gasteiger partial charge is 0.320 e. The number of halogens is 2. The summed E-state index contributed by atoms with van der Waals surface area (Å²) in [5.41, 5.74) is 6.90. The first-order valence-corrected chi connectivity index (χ1v) is 3.58. The minimum atomic E-state index is -1.00. The molecule has 14 heavy (non-hydrogen) atoms. The number of carboxylic acid groups (broad SMARTS) is 1. The number of aromatic amines is 1. The molecule has 1 aromatic rings. The van der Waals surface area contributed by atoms with Crippen molar-refractivity contribution in [2.75, 3.05) is 0 Å². The molecule has 4 N–H and O–H groups in total. The lowest BCUT2D eigenvalue weighted by Crippen LogP contribution is -2.32. The van der Waals surface area contributed by atoms with Gasteiger partial charge in [-0.1, -0.05) is 0 Å². The Labute approximate surface area is 93.9 Å². The molecule has 0 radical (unpaired) electrons. The van der Waals surface area contributed by atoms with Gasteiger partial charge in [-0.3, -0.25) is 4.79 Å². The molecule has 7 heteroatoms. The summed E-state index contributed by atoms with van der Waals surface area (Å²) in [6.07, 6.45) is 1.80. The van der Waals surface area contributed by atoms with Crippen LogP contribution in [0, 0.1) is 6.92 Å². The molecule has 0 bridgehead atoms. The van der Waals surface area contributed by atoms with E-state index in [4.69, 9.17) is 10.8 Å². The zero-order chi connectivity index (χ0) is 9.14. The molecule has 0 saturated carbocycles. The van der Waals surface area contributed by atoms with E-state index in [2.05, 4.69) is 9.97 Å². The number of imidazole rings is 1. The summed E-state index contributed by atoms with van der Waals surface area (Å²) in [7, 11) is 0. The summed E-state index contributed by atoms with van der Waals surface area (Å²) in [4.78, 5) is 17.2. The zero-order valence-electron chi connectivity index (χ0n) is 7.56. The number of hydrogen-bond donors (Lipinski definition) is 3. The van der Waals surface area contributed by atoms with Gasteiger partial charge in [0.15, 0.2) is 0 Å². The van der Waals surface area contributed by atoms with E-state index in [1.54, 1.807) is 0 Å². The first-order chi connectivity index (χ1) is 5.61. The highest BCUT2D eigenvalue weighted by Crippen LogP contribution is 2.02. The molecule has 0 fully saturated rings. The summed E-state index contributed by atoms with van der Waals surface area (Å²) in [5.74, 6) is -1.00. The van der Waals surface area contributed by atoms with Crippen LogP contribution in [0.25, 0.3) is 0 Å². The Morgan fingerprint density at radius 1 is 1.71 bits per heavy atom. The van der Waals surface area contributed by atoms with Crippen molar-refractivity contribution in [3.63, 3.8) is 0 Å². The molecule has 1 heterocycles. The molecule has 82 valence electrons. The standard InChI is InChI=1S/C7H11N3O2.2ClH/c1-4-6(10-3-9-4)2-5(8)7(11)12;;/h3,5H,2,8H2,1H3,(H,9,10)(H,11,12);2*1H. The van der Waals surface area contributed by atoms with Crippen molar-refractivity contribution in [2.24, 2.45) is 5.73 Å². The van der Waals surface area contributed by atoms with E-state index in [9.17, 15) is 4.79 Å². The zero-order valence-corrected chi connectivity index (χ0v) is 9.19. The van der Waals surface area contributed by atoms with Crippen LogP contribution in [0.1, 0.15) is 11.4 Å². The molecule has 1 atom stereocenters. The predicted molar refractivity (Wildman–Crippen MR) is 57.1 cm³/mol. The van der Waals surface area contributed by atoms with Crippen molar-refractivity contribution in [2.45, 2.75) is 19.4 Å². The number of aliphatic carboxylic acids is 1. The number of rotatable bonds is 3. The van der Waals surface area contributed by atoms with Gasteiger partial charge in [0, 0.05) is 12.1 Å². The number of carbonyl (C=O) groups is 1. The lowest BCUT2D eigenvalue weighted by Gasteiger charge is -2.03. The molecule has 0 spiro atoms. The average Bonchev–Trinajstić information content (AvgIpc) is 2.36. The lowest BCUT2D eigenvalue weighted by molar-refractivity contribution is -0.138. The summed E-state index contributed by atoms with van der Waals surface area (Å²) >= 11 is 0. The number of aromatic nitrogens is 2. The van der Waals surface area contributed by atoms with Gasteiger partial charge in [0.25, 0.3) is 0 Å². The maximum atomic E-state index is 10.4. The van der Waals surface area contributed by atoms with Gasteiger partial charge in [-0.2, -0.15) is 0 Å². The minimum Gasteiger partial charge on any atom is -0.480 e. The predicted octanol–water partition coefficient (Wildman–Crippen LogP) is 0.516. The van der Waals surface area contributed by atoms with E-state index in [1.807, 2.05) is 6.92 Å². The summed E-state index contributed by atoms with van der Waals surface area (Å²) in [5, 5.41) is 8.51. The third-order valence-electron chi connectivity index (χ3n) is 1.66. The van der Waals surface area contributed by atoms with E-state index < -0.39 is 12.0 Å². The third kappa shape index (κ3) is 3.95. The second kappa shape index (κ2) is 6.64. The van der Waals surface area contributed by atoms with Crippen molar-refractivity contribution in [3.05, 3.63) is 17.7 Å². The Hall–Kier alpha value is -0.780. The fourth-order valence-electron chi connectivity index (χ4n) is 0.889. The highest BCUT2D eigenvalue weighted by atomic mass is 35.5. The van der Waals surface area contributed by atoms with Crippen LogP contribution in [-0.2, 0) is 11.2 Å². The number of nitrogens with zero attached hydrogens (tertiary/aromatic N) is 1. The molecule has 1 rings (SSSR count). The molecule has 0 aliphatic carbocycles. The van der Waals surface area contributed by atoms with Crippen molar-refractivity contribution in [1.82, 2.24) is 9.97 Å². The quantitative estimate of drug-likeness (QED) is 0.720. The van der Waals surface area contributed by atoms with Gasteiger partial charge < -0.3 is 15.8 Å². The van der Waals surface area contributed by atoms with Crippen molar-refractivity contribution in [1.29, 1.82) is 0 Å². The Kier molecular flexibility index (Phi) is 7.44. The highest BCUT2D eigenvalue weighted by Gasteiger charge is 2.14. The van der Waals surface area contributed by atoms with Gasteiger partial charge >= 0.3 is 5.97 Å². The summed E-state index contributed by atoms with van der Waals surface area (Å²) < 4.78 is 0. The molecule has 1 aromatic heterocycles. The highest BCUT2D eigenvalue weighted by molar-refractivity contribution is 5.85. The van der Waals surface area contributed by atoms with E-state index in [-0.39, 0.29) is 31.2 Å². The molecule has 0 amide bonds. The van der Waals surface area contributed by atoms with Gasteiger partial charge in [-0.05, 0) is 6.92 Å². The van der Waals surface area contributed by atoms with E-state index >= 15 is 0 Å². The maximum Gasteiger partial charge on any atom is 0.320 e. The van der Waals surface area contributed by atoms with Crippen molar-refractivity contribution < 1.29 is 9.90 Å². The molecular weight excluding hydrogens is 229 g/mol. The number of nitrogens with one attached hydrogen (secondary N) is 1. The van der Waals surface area contributed by atoms with Crippen LogP contribution in [-0.4, -0.2) is 27.1 Å². The third-order valence-corrected chi connectivity index (χ3v) is 1.66. The van der Waals surface area contributed by atoms with Crippen LogP contribution in [0.2, 0.25) is 0 Å². The Bertz CT molecular complexity index is 290. The van der Waals surface area contributed by atoms with Gasteiger partial charge in [0.05, 0.1) is 12.0 Å². The SMILES string of the molecule is Cc1[nH]cnc1CC(N)C(=O)O.Cl.Cl. The van der Waals surface area contributed by atoms with Gasteiger partial charge in [0.1, 0.15) is 6.04 Å². The lowest BCUT2D eigenvalue weighted by atomic mass is 10.1. The second-order valence-electron chi connectivity index (χ2n) is 2.62. The van der Waals surface area contributed by atoms with Crippen LogP contribution in [0.5, 0.6) is 0 Å². The average molecular weight is 242 g/mol. The van der Waals surface area contributed by atoms with E-state index in [0.717, 1.165) is 5.69 Å². The molecule has 0 aliphatic rings. The number of hydrogen-bond acceptors (Lipinski definition) is 3. The fraction of sp³-hybridized carbons (Fsp3) is 0.429. The number of H-pyrrole nitrogens is 1. The topological polar surface area (TPSA) is 92.0 Å². The van der Waals surface area contributed by atoms with Crippen LogP contribution in [0.15, 0.2) is 6.33 Å². The minimum absolute atomic E-state index is 0. The number of carboxylic acids is 1. The van der Waals surface area contributed by atoms with E-state index in [1.165, 1.54) is 6.33 Å². The monoisotopic (exact) mass is 241 g/mol. The largest absolute Gasteiger partial charge is 0.480 e. The molecule has 0 aromatic carbocycles. The molecule has 0 saturated heterocycles. The van der Waals surface area contributed by atoms with E-state index in [0.29, 0.717) is 5.69 Å².